The van der Waals surface area contributed by atoms with Crippen LogP contribution in [0.1, 0.15) is 74.7 Å². The molecule has 0 aliphatic carbocycles. The summed E-state index contributed by atoms with van der Waals surface area (Å²) in [6.07, 6.45) is 2.61. The van der Waals surface area contributed by atoms with Gasteiger partial charge in [0.05, 0.1) is 5.70 Å². The molecule has 0 radical (unpaired) electrons. The maximum absolute atomic E-state index is 13.8. The summed E-state index contributed by atoms with van der Waals surface area (Å²) < 4.78 is 0. The Hall–Kier alpha value is -4.45. The van der Waals surface area contributed by atoms with E-state index in [-0.39, 0.29) is 35.5 Å². The van der Waals surface area contributed by atoms with Crippen molar-refractivity contribution in [3.63, 3.8) is 0 Å². The fourth-order valence-corrected chi connectivity index (χ4v) is 5.85. The van der Waals surface area contributed by atoms with Gasteiger partial charge in [-0.1, -0.05) is 60.6 Å². The van der Waals surface area contributed by atoms with Gasteiger partial charge in [-0.05, 0) is 38.5 Å². The van der Waals surface area contributed by atoms with Crippen LogP contribution in [0.3, 0.4) is 0 Å². The van der Waals surface area contributed by atoms with Crippen molar-refractivity contribution >= 4 is 59.1 Å². The Morgan fingerprint density at radius 2 is 1.60 bits per heavy atom. The first-order chi connectivity index (χ1) is 24.3. The molecule has 1 saturated heterocycles. The van der Waals surface area contributed by atoms with Crippen LogP contribution in [0.5, 0.6) is 0 Å². The number of rotatable bonds is 13. The van der Waals surface area contributed by atoms with Gasteiger partial charge in [0.2, 0.25) is 23.6 Å². The molecule has 0 bridgehead atoms. The maximum atomic E-state index is 13.8. The second kappa shape index (κ2) is 21.8. The third-order valence-electron chi connectivity index (χ3n) is 8.68. The van der Waals surface area contributed by atoms with Crippen LogP contribution in [0.15, 0.2) is 24.0 Å². The second-order valence-corrected chi connectivity index (χ2v) is 14.4. The van der Waals surface area contributed by atoms with Crippen molar-refractivity contribution in [1.29, 1.82) is 0 Å². The summed E-state index contributed by atoms with van der Waals surface area (Å²) in [6, 6.07) is -7.02. The van der Waals surface area contributed by atoms with Gasteiger partial charge in [-0.25, -0.2) is 0 Å². The molecular weight excluding hydrogens is 696 g/mol. The van der Waals surface area contributed by atoms with Crippen molar-refractivity contribution in [1.82, 2.24) is 37.2 Å². The van der Waals surface area contributed by atoms with Gasteiger partial charge in [0.25, 0.3) is 17.7 Å². The molecule has 1 heterocycles. The number of carbonyl (C=O) groups excluding carboxylic acids is 7. The lowest BCUT2D eigenvalue weighted by Crippen LogP contribution is -2.70. The molecule has 7 amide bonds. The minimum Gasteiger partial charge on any atom is -0.480 e. The number of carboxylic acid groups (broad SMARTS) is 1. The second-order valence-electron chi connectivity index (χ2n) is 13.4. The van der Waals surface area contributed by atoms with Gasteiger partial charge in [0.15, 0.2) is 6.04 Å². The van der Waals surface area contributed by atoms with Gasteiger partial charge in [-0.3, -0.25) is 38.4 Å². The van der Waals surface area contributed by atoms with E-state index in [9.17, 15) is 43.5 Å². The van der Waals surface area contributed by atoms with E-state index in [1.165, 1.54) is 19.9 Å². The van der Waals surface area contributed by atoms with Gasteiger partial charge in [-0.15, -0.1) is 0 Å². The number of amides is 7. The van der Waals surface area contributed by atoms with E-state index in [1.54, 1.807) is 13.8 Å². The third-order valence-corrected chi connectivity index (χ3v) is 9.82. The zero-order valence-corrected chi connectivity index (χ0v) is 32.2. The first-order valence-electron chi connectivity index (χ1n) is 17.4. The molecule has 1 rings (SSSR count). The lowest BCUT2D eigenvalue weighted by Gasteiger charge is -2.28. The quantitative estimate of drug-likeness (QED) is 0.1000. The van der Waals surface area contributed by atoms with E-state index in [2.05, 4.69) is 49.5 Å². The van der Waals surface area contributed by atoms with E-state index in [0.717, 1.165) is 11.8 Å². The van der Waals surface area contributed by atoms with Gasteiger partial charge in [0.1, 0.15) is 35.9 Å². The summed E-state index contributed by atoms with van der Waals surface area (Å²) in [5, 5.41) is 27.0. The Kier molecular flexibility index (Phi) is 19.1. The smallest absolute Gasteiger partial charge is 0.325 e. The minimum absolute atomic E-state index is 0.0769. The summed E-state index contributed by atoms with van der Waals surface area (Å²) in [4.78, 5) is 105. The van der Waals surface area contributed by atoms with Crippen LogP contribution in [0, 0.1) is 17.8 Å². The van der Waals surface area contributed by atoms with E-state index in [4.69, 9.17) is 0 Å². The number of carbonyl (C=O) groups is 8. The van der Waals surface area contributed by atoms with Crippen molar-refractivity contribution in [2.45, 2.75) is 111 Å². The highest BCUT2D eigenvalue weighted by atomic mass is 32.2. The zero-order valence-electron chi connectivity index (χ0n) is 31.3. The van der Waals surface area contributed by atoms with Crippen molar-refractivity contribution < 1.29 is 49.2 Å². The van der Waals surface area contributed by atoms with E-state index in [0.29, 0.717) is 12.8 Å². The van der Waals surface area contributed by atoms with Gasteiger partial charge >= 0.3 is 5.97 Å². The van der Waals surface area contributed by atoms with Gasteiger partial charge in [-0.2, -0.15) is 11.8 Å². The predicted octanol–water partition coefficient (Wildman–Crippen LogP) is -1.34. The first-order valence-corrected chi connectivity index (χ1v) is 18.6. The Morgan fingerprint density at radius 3 is 2.13 bits per heavy atom. The summed E-state index contributed by atoms with van der Waals surface area (Å²) in [5.74, 6) is -7.66. The van der Waals surface area contributed by atoms with Crippen LogP contribution >= 0.6 is 11.8 Å². The molecule has 0 aromatic rings. The fraction of sp³-hybridized carbons (Fsp3) is 0.647. The Balaban J connectivity index is 3.62. The molecule has 1 fully saturated rings. The van der Waals surface area contributed by atoms with Crippen molar-refractivity contribution in [2.75, 3.05) is 11.5 Å². The largest absolute Gasteiger partial charge is 0.480 e. The molecule has 8 atom stereocenters. The Labute approximate surface area is 309 Å². The number of thioether (sulfide) groups is 1. The molecule has 18 heteroatoms. The molecule has 0 unspecified atom stereocenters. The van der Waals surface area contributed by atoms with Crippen LogP contribution in [-0.2, 0) is 38.4 Å². The number of aliphatic carboxylic acids is 1. The minimum atomic E-state index is -1.35. The van der Waals surface area contributed by atoms with Crippen LogP contribution in [-0.4, -0.2) is 100 Å². The summed E-state index contributed by atoms with van der Waals surface area (Å²) >= 11 is 0.977. The molecule has 1 aliphatic heterocycles. The van der Waals surface area contributed by atoms with Crippen LogP contribution in [0.2, 0.25) is 0 Å². The number of allylic oxidation sites excluding steroid dienone is 1. The maximum Gasteiger partial charge on any atom is 0.325 e. The Bertz CT molecular complexity index is 1390. The molecule has 1 aliphatic rings. The van der Waals surface area contributed by atoms with Crippen molar-refractivity contribution in [2.24, 2.45) is 17.8 Å². The molecule has 17 nitrogen and oxygen atoms in total. The summed E-state index contributed by atoms with van der Waals surface area (Å²) in [7, 11) is 0. The highest BCUT2D eigenvalue weighted by Gasteiger charge is 2.35. The molecule has 0 spiro atoms. The number of nitrogens with one attached hydrogen (secondary N) is 7. The van der Waals surface area contributed by atoms with E-state index < -0.39 is 95.2 Å². The van der Waals surface area contributed by atoms with E-state index in [1.807, 2.05) is 27.7 Å². The SMILES string of the molecule is C=C1NC(=O)[C@H]([C@@H](C)CC)NC(=O)[C@H](NC(=O)/C(=C/C)NC(=O)[C@@H]([NH3+])[C@@H](C)CC)CSC[C@@H](C(=O)N[C@@H](C)C(=O)O)NC(=O)[C@H](CC(C)C)NC1=O. The molecule has 11 N–H and O–H groups in total. The Morgan fingerprint density at radius 1 is 0.962 bits per heavy atom. The fourth-order valence-electron chi connectivity index (χ4n) is 4.77. The average molecular weight is 754 g/mol. The van der Waals surface area contributed by atoms with Crippen molar-refractivity contribution in [3.05, 3.63) is 24.0 Å². The monoisotopic (exact) mass is 753 g/mol. The molecule has 0 aromatic heterocycles. The predicted molar refractivity (Wildman–Crippen MR) is 195 cm³/mol. The zero-order chi connectivity index (χ0) is 39.9. The number of hydrogen-bond acceptors (Lipinski definition) is 9. The highest BCUT2D eigenvalue weighted by Crippen LogP contribution is 2.14. The number of hydrogen-bond donors (Lipinski definition) is 9. The molecular formula is C34H57N8O9S+. The third kappa shape index (κ3) is 14.3. The standard InChI is InChI=1S/C34H56N8O9S/c1-10-17(6)25(35)32(48)38-21(12-3)28(44)40-24-15-52-14-23(30(46)37-20(9)34(50)51)41-29(45)22(13-16(4)5)39-27(43)19(8)36-33(49)26(18(7)11-2)42-31(24)47/h12,16-18,20,22-26H,8,10-11,13-15,35H2,1-7,9H3,(H,36,49)(H,37,46)(H,38,48)(H,39,43)(H,40,44)(H,41,45)(H,42,47)(H,50,51)/p+1/b21-12-/t17-,18-,20-,22-,23-,24+,25-,26-/m0/s1. The molecule has 52 heavy (non-hydrogen) atoms. The molecule has 292 valence electrons. The summed E-state index contributed by atoms with van der Waals surface area (Å²) in [5.41, 5.74) is 3.34. The number of carboxylic acids is 1. The van der Waals surface area contributed by atoms with Crippen LogP contribution < -0.4 is 43.0 Å². The van der Waals surface area contributed by atoms with Gasteiger partial charge in [0, 0.05) is 17.4 Å². The summed E-state index contributed by atoms with van der Waals surface area (Å²) in [6.45, 7) is 17.3. The van der Waals surface area contributed by atoms with Crippen LogP contribution in [0.25, 0.3) is 0 Å². The molecule has 0 saturated carbocycles. The molecule has 0 aromatic carbocycles. The van der Waals surface area contributed by atoms with Crippen LogP contribution in [0.4, 0.5) is 0 Å². The van der Waals surface area contributed by atoms with Gasteiger partial charge < -0.3 is 48.1 Å². The first kappa shape index (κ1) is 45.6. The van der Waals surface area contributed by atoms with Crippen molar-refractivity contribution in [3.8, 4) is 0 Å². The van der Waals surface area contributed by atoms with E-state index >= 15 is 0 Å². The lowest BCUT2D eigenvalue weighted by atomic mass is 9.97. The number of quaternary nitrogens is 1. The highest BCUT2D eigenvalue weighted by molar-refractivity contribution is 7.99. The normalized spacial score (nSPS) is 23.5. The lowest BCUT2D eigenvalue weighted by molar-refractivity contribution is -0.415. The topological polar surface area (TPSA) is 269 Å². The average Bonchev–Trinajstić information content (AvgIpc) is 3.09.